The highest BCUT2D eigenvalue weighted by Crippen LogP contribution is 2.45. The van der Waals surface area contributed by atoms with Gasteiger partial charge in [-0.05, 0) is 61.7 Å². The van der Waals surface area contributed by atoms with Crippen LogP contribution in [0.3, 0.4) is 0 Å². The van der Waals surface area contributed by atoms with E-state index in [1.165, 1.54) is 64.0 Å². The van der Waals surface area contributed by atoms with Gasteiger partial charge in [-0.2, -0.15) is 26.3 Å². The summed E-state index contributed by atoms with van der Waals surface area (Å²) in [6.07, 6.45) is -1.25. The largest absolute Gasteiger partial charge is 0.490 e. The third kappa shape index (κ3) is 11.7. The van der Waals surface area contributed by atoms with Crippen LogP contribution in [-0.2, 0) is 25.6 Å². The Morgan fingerprint density at radius 2 is 1.61 bits per heavy atom. The number of alkyl halides is 6. The number of nitrogens with zero attached hydrogens (tertiary/aromatic N) is 3. The molecule has 1 atom stereocenters. The first-order chi connectivity index (χ1) is 19.2. The van der Waals surface area contributed by atoms with Crippen molar-refractivity contribution in [2.45, 2.75) is 44.6 Å². The van der Waals surface area contributed by atoms with Gasteiger partial charge in [-0.3, -0.25) is 9.88 Å². The number of hydrogen-bond donors (Lipinski definition) is 2. The zero-order chi connectivity index (χ0) is 30.7. The summed E-state index contributed by atoms with van der Waals surface area (Å²) in [6, 6.07) is 4.23. The molecule has 15 heteroatoms. The molecule has 9 nitrogen and oxygen atoms in total. The molecule has 1 aromatic rings. The summed E-state index contributed by atoms with van der Waals surface area (Å²) in [7, 11) is 1.87. The second-order valence-corrected chi connectivity index (χ2v) is 10.5. The molecule has 0 saturated carbocycles. The Hall–Kier alpha value is -2.49. The van der Waals surface area contributed by atoms with E-state index in [0.29, 0.717) is 11.3 Å². The van der Waals surface area contributed by atoms with Crippen molar-refractivity contribution in [3.05, 3.63) is 30.1 Å². The summed E-state index contributed by atoms with van der Waals surface area (Å²) < 4.78 is 74.7. The first kappa shape index (κ1) is 34.7. The molecule has 3 fully saturated rings. The number of aliphatic carboxylic acids is 2. The third-order valence-electron chi connectivity index (χ3n) is 7.57. The van der Waals surface area contributed by atoms with E-state index in [1.807, 2.05) is 25.6 Å². The average Bonchev–Trinajstić information content (AvgIpc) is 3.22. The van der Waals surface area contributed by atoms with Gasteiger partial charge in [0.1, 0.15) is 0 Å². The maximum Gasteiger partial charge on any atom is 0.490 e. The lowest BCUT2D eigenvalue weighted by molar-refractivity contribution is -0.193. The number of carboxylic acids is 2. The molecule has 3 saturated heterocycles. The van der Waals surface area contributed by atoms with Crippen molar-refractivity contribution in [1.29, 1.82) is 0 Å². The van der Waals surface area contributed by atoms with Gasteiger partial charge in [0.25, 0.3) is 0 Å². The Morgan fingerprint density at radius 1 is 1.05 bits per heavy atom. The summed E-state index contributed by atoms with van der Waals surface area (Å²) >= 11 is 0. The molecule has 4 heterocycles. The fourth-order valence-corrected chi connectivity index (χ4v) is 5.48. The SMILES string of the molecule is COCC1CN(CC2CCOCC2)CC12CCN(Cc1cccnc1)CC2.O=C(O)C(F)(F)F.O=C(O)C(F)(F)F. The van der Waals surface area contributed by atoms with E-state index in [2.05, 4.69) is 20.9 Å². The van der Waals surface area contributed by atoms with Crippen molar-refractivity contribution in [2.24, 2.45) is 17.3 Å². The Balaban J connectivity index is 0.000000349. The minimum atomic E-state index is -5.08. The van der Waals surface area contributed by atoms with Crippen molar-refractivity contribution < 1.29 is 55.6 Å². The second-order valence-electron chi connectivity index (χ2n) is 10.5. The predicted octanol–water partition coefficient (Wildman–Crippen LogP) is 3.94. The van der Waals surface area contributed by atoms with Crippen LogP contribution in [0.4, 0.5) is 26.3 Å². The summed E-state index contributed by atoms with van der Waals surface area (Å²) in [5.74, 6) is -4.01. The number of hydrogen-bond acceptors (Lipinski definition) is 7. The number of aromatic nitrogens is 1. The first-order valence-corrected chi connectivity index (χ1v) is 13.2. The molecular weight excluding hydrogens is 564 g/mol. The molecule has 0 bridgehead atoms. The Bertz CT molecular complexity index is 912. The van der Waals surface area contributed by atoms with Gasteiger partial charge in [-0.25, -0.2) is 9.59 Å². The van der Waals surface area contributed by atoms with Gasteiger partial charge in [-0.15, -0.1) is 0 Å². The molecule has 0 aromatic carbocycles. The van der Waals surface area contributed by atoms with Crippen LogP contribution >= 0.6 is 0 Å². The highest BCUT2D eigenvalue weighted by atomic mass is 19.4. The quantitative estimate of drug-likeness (QED) is 0.469. The summed E-state index contributed by atoms with van der Waals surface area (Å²) in [6.45, 7) is 9.97. The molecule has 0 aliphatic carbocycles. The van der Waals surface area contributed by atoms with Gasteiger partial charge in [0, 0.05) is 64.8 Å². The zero-order valence-electron chi connectivity index (χ0n) is 22.8. The molecule has 41 heavy (non-hydrogen) atoms. The van der Waals surface area contributed by atoms with Crippen LogP contribution in [0.1, 0.15) is 31.2 Å². The molecule has 1 spiro atoms. The normalized spacial score (nSPS) is 21.9. The van der Waals surface area contributed by atoms with Crippen molar-refractivity contribution in [1.82, 2.24) is 14.8 Å². The molecule has 4 rings (SSSR count). The van der Waals surface area contributed by atoms with Crippen LogP contribution in [0, 0.1) is 17.3 Å². The number of carboxylic acid groups (broad SMARTS) is 2. The van der Waals surface area contributed by atoms with Crippen molar-refractivity contribution in [2.75, 3.05) is 59.7 Å². The molecule has 0 amide bonds. The Kier molecular flexibility index (Phi) is 13.3. The van der Waals surface area contributed by atoms with E-state index in [9.17, 15) is 26.3 Å². The lowest BCUT2D eigenvalue weighted by Gasteiger charge is -2.42. The maximum absolute atomic E-state index is 10.6. The lowest BCUT2D eigenvalue weighted by Crippen LogP contribution is -2.45. The van der Waals surface area contributed by atoms with Crippen molar-refractivity contribution >= 4 is 11.9 Å². The highest BCUT2D eigenvalue weighted by Gasteiger charge is 2.48. The van der Waals surface area contributed by atoms with E-state index in [0.717, 1.165) is 32.3 Å². The van der Waals surface area contributed by atoms with Crippen LogP contribution in [0.25, 0.3) is 0 Å². The Morgan fingerprint density at radius 3 is 2.07 bits per heavy atom. The number of likely N-dealkylation sites (tertiary alicyclic amines) is 2. The number of halogens is 6. The zero-order valence-corrected chi connectivity index (χ0v) is 22.8. The van der Waals surface area contributed by atoms with E-state index in [1.54, 1.807) is 0 Å². The van der Waals surface area contributed by atoms with Crippen LogP contribution in [0.5, 0.6) is 0 Å². The molecule has 1 unspecified atom stereocenters. The fourth-order valence-electron chi connectivity index (χ4n) is 5.48. The van der Waals surface area contributed by atoms with E-state index >= 15 is 0 Å². The number of pyridine rings is 1. The molecule has 2 N–H and O–H groups in total. The number of carbonyl (C=O) groups is 2. The van der Waals surface area contributed by atoms with Gasteiger partial charge in [-0.1, -0.05) is 6.07 Å². The minimum absolute atomic E-state index is 0.451. The Labute approximate surface area is 234 Å². The van der Waals surface area contributed by atoms with Crippen LogP contribution in [0.2, 0.25) is 0 Å². The molecular formula is C26H37F6N3O6. The molecule has 0 radical (unpaired) electrons. The van der Waals surface area contributed by atoms with Gasteiger partial charge in [0.2, 0.25) is 0 Å². The third-order valence-corrected chi connectivity index (χ3v) is 7.57. The van der Waals surface area contributed by atoms with E-state index in [-0.39, 0.29) is 0 Å². The van der Waals surface area contributed by atoms with Gasteiger partial charge >= 0.3 is 24.3 Å². The van der Waals surface area contributed by atoms with Gasteiger partial charge < -0.3 is 24.6 Å². The monoisotopic (exact) mass is 601 g/mol. The fraction of sp³-hybridized carbons (Fsp3) is 0.731. The maximum atomic E-state index is 10.6. The van der Waals surface area contributed by atoms with Crippen LogP contribution < -0.4 is 0 Å². The smallest absolute Gasteiger partial charge is 0.475 e. The number of methoxy groups -OCH3 is 1. The summed E-state index contributed by atoms with van der Waals surface area (Å²) in [5, 5.41) is 14.2. The second kappa shape index (κ2) is 15.7. The minimum Gasteiger partial charge on any atom is -0.475 e. The number of piperidine rings is 1. The van der Waals surface area contributed by atoms with Crippen LogP contribution in [-0.4, -0.2) is 109 Å². The first-order valence-electron chi connectivity index (χ1n) is 13.2. The number of ether oxygens (including phenoxy) is 2. The standard InChI is InChI=1S/C22H35N3O2.2C2HF3O2/c1-26-17-21-16-25(14-19-4-11-27-12-5-19)18-22(21)6-9-24(10-7-22)15-20-3-2-8-23-13-20;2*3-2(4,5)1(6)7/h2-3,8,13,19,21H,4-7,9-12,14-18H2,1H3;2*(H,6,7). The van der Waals surface area contributed by atoms with Gasteiger partial charge in [0.05, 0.1) is 6.61 Å². The van der Waals surface area contributed by atoms with Crippen LogP contribution in [0.15, 0.2) is 24.5 Å². The van der Waals surface area contributed by atoms with E-state index in [4.69, 9.17) is 29.3 Å². The molecule has 234 valence electrons. The molecule has 3 aliphatic rings. The number of rotatable bonds is 6. The molecule has 1 aromatic heterocycles. The summed E-state index contributed by atoms with van der Waals surface area (Å²) in [4.78, 5) is 27.4. The summed E-state index contributed by atoms with van der Waals surface area (Å²) in [5.41, 5.74) is 1.78. The van der Waals surface area contributed by atoms with Crippen molar-refractivity contribution in [3.8, 4) is 0 Å². The lowest BCUT2D eigenvalue weighted by atomic mass is 9.71. The van der Waals surface area contributed by atoms with E-state index < -0.39 is 24.3 Å². The van der Waals surface area contributed by atoms with Gasteiger partial charge in [0.15, 0.2) is 0 Å². The predicted molar refractivity (Wildman–Crippen MR) is 134 cm³/mol. The topological polar surface area (TPSA) is 112 Å². The molecule has 3 aliphatic heterocycles. The van der Waals surface area contributed by atoms with Crippen molar-refractivity contribution in [3.63, 3.8) is 0 Å². The highest BCUT2D eigenvalue weighted by molar-refractivity contribution is 5.73. The average molecular weight is 602 g/mol.